The quantitative estimate of drug-likeness (QED) is 0.536. The van der Waals surface area contributed by atoms with Crippen LogP contribution in [0.3, 0.4) is 0 Å². The molecule has 1 heterocycles. The van der Waals surface area contributed by atoms with Gasteiger partial charge in [0.1, 0.15) is 0 Å². The van der Waals surface area contributed by atoms with Crippen LogP contribution in [0, 0.1) is 0 Å². The molecule has 2 aromatic rings. The highest BCUT2D eigenvalue weighted by atomic mass is 79.9. The van der Waals surface area contributed by atoms with Crippen molar-refractivity contribution in [1.82, 2.24) is 0 Å². The molecule has 0 spiro atoms. The fourth-order valence-corrected chi connectivity index (χ4v) is 3.06. The molecule has 1 aliphatic rings. The molecule has 0 radical (unpaired) electrons. The average molecular weight is 388 g/mol. The van der Waals surface area contributed by atoms with Gasteiger partial charge in [-0.2, -0.15) is 13.2 Å². The lowest BCUT2D eigenvalue weighted by Crippen LogP contribution is -2.33. The summed E-state index contributed by atoms with van der Waals surface area (Å²) in [6.45, 7) is -0.00868. The van der Waals surface area contributed by atoms with E-state index in [1.807, 2.05) is 0 Å². The smallest absolute Gasteiger partial charge is 0.304 e. The Morgan fingerprint density at radius 3 is 2.35 bits per heavy atom. The Labute approximate surface area is 137 Å². The summed E-state index contributed by atoms with van der Waals surface area (Å²) >= 11 is 2.70. The van der Waals surface area contributed by atoms with Gasteiger partial charge in [0.15, 0.2) is 0 Å². The molecule has 0 saturated heterocycles. The topological polar surface area (TPSA) is 20.3 Å². The molecular weight excluding hydrogens is 378 g/mol. The molecule has 1 unspecified atom stereocenters. The number of alkyl halides is 5. The van der Waals surface area contributed by atoms with Crippen LogP contribution in [0.2, 0.25) is 0 Å². The predicted octanol–water partition coefficient (Wildman–Crippen LogP) is 4.77. The van der Waals surface area contributed by atoms with E-state index in [0.717, 1.165) is 23.1 Å². The molecule has 1 aliphatic heterocycles. The molecule has 0 fully saturated rings. The molecule has 2 nitrogen and oxygen atoms in total. The van der Waals surface area contributed by atoms with Crippen LogP contribution in [-0.4, -0.2) is 5.91 Å². The summed E-state index contributed by atoms with van der Waals surface area (Å²) in [4.78, 5) is 13.3. The number of hydrogen-bond donors (Lipinski definition) is 0. The van der Waals surface area contributed by atoms with Gasteiger partial charge in [-0.25, -0.2) is 4.39 Å². The van der Waals surface area contributed by atoms with E-state index >= 15 is 0 Å². The first-order chi connectivity index (χ1) is 10.7. The second-order valence-corrected chi connectivity index (χ2v) is 6.27. The normalized spacial score (nSPS) is 20.7. The van der Waals surface area contributed by atoms with Crippen molar-refractivity contribution in [3.05, 3.63) is 65.2 Å². The van der Waals surface area contributed by atoms with Crippen molar-refractivity contribution in [3.8, 4) is 0 Å². The Hall–Kier alpha value is -1.89. The molecule has 0 bridgehead atoms. The van der Waals surface area contributed by atoms with E-state index in [0.29, 0.717) is 5.56 Å². The number of amides is 1. The van der Waals surface area contributed by atoms with Crippen molar-refractivity contribution in [3.63, 3.8) is 0 Å². The highest BCUT2D eigenvalue weighted by Gasteiger charge is 2.50. The van der Waals surface area contributed by atoms with Crippen molar-refractivity contribution >= 4 is 27.5 Å². The third-order valence-corrected chi connectivity index (χ3v) is 4.42. The second-order valence-electron chi connectivity index (χ2n) is 5.18. The SMILES string of the molecule is O=C1N(Cc2ccccc2)c2cc(C(F)(F)F)ccc2C1(F)Br. The number of hydrogen-bond acceptors (Lipinski definition) is 1. The van der Waals surface area contributed by atoms with Crippen molar-refractivity contribution < 1.29 is 22.4 Å². The zero-order valence-corrected chi connectivity index (χ0v) is 13.2. The molecule has 3 rings (SSSR count). The van der Waals surface area contributed by atoms with Crippen molar-refractivity contribution in [2.24, 2.45) is 0 Å². The van der Waals surface area contributed by atoms with Gasteiger partial charge < -0.3 is 4.90 Å². The summed E-state index contributed by atoms with van der Waals surface area (Å²) in [5.41, 5.74) is -0.429. The van der Waals surface area contributed by atoms with Gasteiger partial charge >= 0.3 is 6.18 Å². The number of benzene rings is 2. The first-order valence-electron chi connectivity index (χ1n) is 6.66. The number of rotatable bonds is 2. The molecule has 7 heteroatoms. The standard InChI is InChI=1S/C16H10BrF4NO/c17-15(18)12-7-6-11(16(19,20)21)8-13(12)22(14(15)23)9-10-4-2-1-3-5-10/h1-8H,9H2. The van der Waals surface area contributed by atoms with Gasteiger partial charge in [0.05, 0.1) is 17.8 Å². The van der Waals surface area contributed by atoms with Crippen molar-refractivity contribution in [1.29, 1.82) is 0 Å². The summed E-state index contributed by atoms with van der Waals surface area (Å²) < 4.78 is 50.8. The summed E-state index contributed by atoms with van der Waals surface area (Å²) in [7, 11) is 0. The third kappa shape index (κ3) is 2.73. The Bertz CT molecular complexity index is 758. The number of fused-ring (bicyclic) bond motifs is 1. The number of halogens is 5. The molecule has 2 aromatic carbocycles. The number of anilines is 1. The summed E-state index contributed by atoms with van der Waals surface area (Å²) in [6, 6.07) is 11.2. The zero-order chi connectivity index (χ0) is 16.8. The lowest BCUT2D eigenvalue weighted by Gasteiger charge is -2.18. The minimum absolute atomic E-state index is 0.00868. The van der Waals surface area contributed by atoms with Crippen LogP contribution in [0.25, 0.3) is 0 Å². The summed E-state index contributed by atoms with van der Waals surface area (Å²) in [5, 5.41) is 0. The Morgan fingerprint density at radius 2 is 1.74 bits per heavy atom. The van der Waals surface area contributed by atoms with Crippen LogP contribution in [0.5, 0.6) is 0 Å². The lowest BCUT2D eigenvalue weighted by molar-refractivity contribution is -0.137. The van der Waals surface area contributed by atoms with Gasteiger partial charge in [-0.05, 0) is 33.6 Å². The van der Waals surface area contributed by atoms with Crippen LogP contribution >= 0.6 is 15.9 Å². The fraction of sp³-hybridized carbons (Fsp3) is 0.188. The monoisotopic (exact) mass is 387 g/mol. The lowest BCUT2D eigenvalue weighted by atomic mass is 10.1. The third-order valence-electron chi connectivity index (χ3n) is 3.65. The molecule has 0 aromatic heterocycles. The summed E-state index contributed by atoms with van der Waals surface area (Å²) in [6.07, 6.45) is -4.57. The molecule has 1 amide bonds. The highest BCUT2D eigenvalue weighted by molar-refractivity contribution is 9.10. The molecule has 120 valence electrons. The van der Waals surface area contributed by atoms with E-state index in [2.05, 4.69) is 15.9 Å². The van der Waals surface area contributed by atoms with E-state index in [9.17, 15) is 22.4 Å². The van der Waals surface area contributed by atoms with Crippen LogP contribution < -0.4 is 4.90 Å². The van der Waals surface area contributed by atoms with Gasteiger partial charge in [0, 0.05) is 5.56 Å². The van der Waals surface area contributed by atoms with Crippen LogP contribution in [0.1, 0.15) is 16.7 Å². The van der Waals surface area contributed by atoms with Crippen LogP contribution in [0.15, 0.2) is 48.5 Å². The fourth-order valence-electron chi connectivity index (χ4n) is 2.51. The first-order valence-corrected chi connectivity index (χ1v) is 7.46. The van der Waals surface area contributed by atoms with Crippen molar-refractivity contribution in [2.75, 3.05) is 4.90 Å². The van der Waals surface area contributed by atoms with Crippen LogP contribution in [-0.2, 0) is 22.1 Å². The maximum Gasteiger partial charge on any atom is 0.416 e. The Balaban J connectivity index is 2.07. The second kappa shape index (κ2) is 5.33. The highest BCUT2D eigenvalue weighted by Crippen LogP contribution is 2.49. The average Bonchev–Trinajstić information content (AvgIpc) is 2.68. The Morgan fingerprint density at radius 1 is 1.09 bits per heavy atom. The molecule has 0 aliphatic carbocycles. The van der Waals surface area contributed by atoms with Gasteiger partial charge in [-0.3, -0.25) is 4.79 Å². The van der Waals surface area contributed by atoms with Gasteiger partial charge in [-0.1, -0.05) is 36.4 Å². The Kier molecular flexibility index (Phi) is 3.71. The first kappa shape index (κ1) is 16.0. The van der Waals surface area contributed by atoms with Crippen LogP contribution in [0.4, 0.5) is 23.2 Å². The molecule has 23 heavy (non-hydrogen) atoms. The zero-order valence-electron chi connectivity index (χ0n) is 11.6. The molecule has 0 N–H and O–H groups in total. The molecular formula is C16H10BrF4NO. The van der Waals surface area contributed by atoms with Gasteiger partial charge in [-0.15, -0.1) is 0 Å². The molecule has 0 saturated carbocycles. The van der Waals surface area contributed by atoms with E-state index in [1.165, 1.54) is 0 Å². The molecule has 1 atom stereocenters. The number of carbonyl (C=O) groups excluding carboxylic acids is 1. The minimum atomic E-state index is -4.57. The van der Waals surface area contributed by atoms with E-state index in [-0.39, 0.29) is 17.8 Å². The number of carbonyl (C=O) groups is 1. The maximum atomic E-state index is 14.6. The van der Waals surface area contributed by atoms with E-state index < -0.39 is 22.2 Å². The predicted molar refractivity (Wildman–Crippen MR) is 80.8 cm³/mol. The van der Waals surface area contributed by atoms with E-state index in [1.54, 1.807) is 30.3 Å². The minimum Gasteiger partial charge on any atom is -0.304 e. The van der Waals surface area contributed by atoms with Crippen molar-refractivity contribution in [2.45, 2.75) is 17.3 Å². The number of nitrogens with zero attached hydrogens (tertiary/aromatic N) is 1. The van der Waals surface area contributed by atoms with E-state index in [4.69, 9.17) is 0 Å². The summed E-state index contributed by atoms with van der Waals surface area (Å²) in [5.74, 6) is -0.935. The van der Waals surface area contributed by atoms with Gasteiger partial charge in [0.25, 0.3) is 10.5 Å². The van der Waals surface area contributed by atoms with Gasteiger partial charge in [0.2, 0.25) is 0 Å². The maximum absolute atomic E-state index is 14.6. The largest absolute Gasteiger partial charge is 0.416 e.